The predicted octanol–water partition coefficient (Wildman–Crippen LogP) is 1.12. The molecule has 0 aliphatic heterocycles. The minimum atomic E-state index is 0.512. The van der Waals surface area contributed by atoms with Crippen LogP contribution in [0.15, 0.2) is 24.8 Å². The van der Waals surface area contributed by atoms with Gasteiger partial charge < -0.3 is 5.41 Å². The van der Waals surface area contributed by atoms with Gasteiger partial charge in [-0.3, -0.25) is 4.98 Å². The van der Waals surface area contributed by atoms with Crippen LogP contribution < -0.4 is 0 Å². The summed E-state index contributed by atoms with van der Waals surface area (Å²) in [5.74, 6) is 0. The third-order valence-corrected chi connectivity index (χ3v) is 1.73. The standard InChI is InChI=1S/C8H8N4/c1-6(9)7-4-11-12-3-2-10-5-8(7)12/h2-5,9H,1H3. The zero-order chi connectivity index (χ0) is 8.55. The van der Waals surface area contributed by atoms with Crippen molar-refractivity contribution in [3.63, 3.8) is 0 Å². The van der Waals surface area contributed by atoms with Gasteiger partial charge in [-0.25, -0.2) is 4.52 Å². The highest BCUT2D eigenvalue weighted by molar-refractivity contribution is 6.02. The van der Waals surface area contributed by atoms with E-state index in [1.54, 1.807) is 36.2 Å². The quantitative estimate of drug-likeness (QED) is 0.635. The summed E-state index contributed by atoms with van der Waals surface area (Å²) in [7, 11) is 0. The van der Waals surface area contributed by atoms with Crippen molar-refractivity contribution in [1.82, 2.24) is 14.6 Å². The van der Waals surface area contributed by atoms with Gasteiger partial charge in [-0.1, -0.05) is 0 Å². The molecule has 0 saturated heterocycles. The largest absolute Gasteiger partial charge is 0.305 e. The van der Waals surface area contributed by atoms with Gasteiger partial charge >= 0.3 is 0 Å². The third kappa shape index (κ3) is 0.887. The fourth-order valence-electron chi connectivity index (χ4n) is 1.12. The monoisotopic (exact) mass is 160 g/mol. The Morgan fingerprint density at radius 3 is 3.08 bits per heavy atom. The van der Waals surface area contributed by atoms with Gasteiger partial charge in [-0.2, -0.15) is 5.10 Å². The van der Waals surface area contributed by atoms with E-state index < -0.39 is 0 Å². The Morgan fingerprint density at radius 1 is 1.50 bits per heavy atom. The second kappa shape index (κ2) is 2.41. The molecule has 0 bridgehead atoms. The lowest BCUT2D eigenvalue weighted by Gasteiger charge is -1.93. The number of aromatic nitrogens is 3. The van der Waals surface area contributed by atoms with E-state index in [0.717, 1.165) is 11.1 Å². The lowest BCUT2D eigenvalue weighted by atomic mass is 10.2. The van der Waals surface area contributed by atoms with Crippen LogP contribution in [0.4, 0.5) is 0 Å². The van der Waals surface area contributed by atoms with Crippen LogP contribution in [0.3, 0.4) is 0 Å². The van der Waals surface area contributed by atoms with E-state index in [9.17, 15) is 0 Å². The molecule has 0 aromatic carbocycles. The molecule has 0 atom stereocenters. The van der Waals surface area contributed by atoms with Crippen LogP contribution in [-0.4, -0.2) is 20.3 Å². The van der Waals surface area contributed by atoms with Crippen molar-refractivity contribution in [3.05, 3.63) is 30.4 Å². The lowest BCUT2D eigenvalue weighted by molar-refractivity contribution is 0.946. The van der Waals surface area contributed by atoms with Crippen molar-refractivity contribution >= 4 is 11.2 Å². The molecule has 0 unspecified atom stereocenters. The second-order valence-corrected chi connectivity index (χ2v) is 2.59. The molecule has 0 aliphatic rings. The number of hydrogen-bond acceptors (Lipinski definition) is 3. The van der Waals surface area contributed by atoms with Gasteiger partial charge in [0.15, 0.2) is 0 Å². The van der Waals surface area contributed by atoms with Crippen LogP contribution in [0.2, 0.25) is 0 Å². The number of nitrogens with zero attached hydrogens (tertiary/aromatic N) is 3. The Kier molecular flexibility index (Phi) is 1.40. The van der Waals surface area contributed by atoms with Crippen molar-refractivity contribution in [2.45, 2.75) is 6.92 Å². The van der Waals surface area contributed by atoms with Crippen LogP contribution in [0, 0.1) is 5.41 Å². The van der Waals surface area contributed by atoms with E-state index in [1.165, 1.54) is 0 Å². The first-order valence-corrected chi connectivity index (χ1v) is 3.62. The highest BCUT2D eigenvalue weighted by atomic mass is 15.2. The summed E-state index contributed by atoms with van der Waals surface area (Å²) in [4.78, 5) is 3.97. The number of hydrogen-bond donors (Lipinski definition) is 1. The van der Waals surface area contributed by atoms with Crippen molar-refractivity contribution in [3.8, 4) is 0 Å². The first-order chi connectivity index (χ1) is 5.79. The van der Waals surface area contributed by atoms with Crippen molar-refractivity contribution in [1.29, 1.82) is 5.41 Å². The first kappa shape index (κ1) is 6.97. The molecule has 2 rings (SSSR count). The molecule has 4 heteroatoms. The fourth-order valence-corrected chi connectivity index (χ4v) is 1.12. The maximum absolute atomic E-state index is 7.45. The SMILES string of the molecule is CC(=N)c1cnn2ccncc12. The van der Waals surface area contributed by atoms with E-state index in [4.69, 9.17) is 5.41 Å². The topological polar surface area (TPSA) is 54.0 Å². The van der Waals surface area contributed by atoms with Crippen molar-refractivity contribution in [2.24, 2.45) is 0 Å². The zero-order valence-electron chi connectivity index (χ0n) is 6.65. The third-order valence-electron chi connectivity index (χ3n) is 1.73. The summed E-state index contributed by atoms with van der Waals surface area (Å²) in [5, 5.41) is 11.5. The summed E-state index contributed by atoms with van der Waals surface area (Å²) >= 11 is 0. The molecule has 0 radical (unpaired) electrons. The lowest BCUT2D eigenvalue weighted by Crippen LogP contribution is -1.91. The van der Waals surface area contributed by atoms with Crippen molar-refractivity contribution < 1.29 is 0 Å². The van der Waals surface area contributed by atoms with Crippen LogP contribution in [0.1, 0.15) is 12.5 Å². The summed E-state index contributed by atoms with van der Waals surface area (Å²) in [6.45, 7) is 1.74. The number of fused-ring (bicyclic) bond motifs is 1. The fraction of sp³-hybridized carbons (Fsp3) is 0.125. The molecular formula is C8H8N4. The Bertz CT molecular complexity index is 429. The second-order valence-electron chi connectivity index (χ2n) is 2.59. The molecule has 2 aromatic rings. The average Bonchev–Trinajstić information content (AvgIpc) is 2.47. The van der Waals surface area contributed by atoms with E-state index in [-0.39, 0.29) is 0 Å². The minimum absolute atomic E-state index is 0.512. The Balaban J connectivity index is 2.79. The molecule has 0 amide bonds. The van der Waals surface area contributed by atoms with Gasteiger partial charge in [0.05, 0.1) is 17.9 Å². The number of rotatable bonds is 1. The van der Waals surface area contributed by atoms with E-state index in [0.29, 0.717) is 5.71 Å². The molecule has 2 heterocycles. The Labute approximate surface area is 69.4 Å². The minimum Gasteiger partial charge on any atom is -0.305 e. The molecule has 2 aromatic heterocycles. The van der Waals surface area contributed by atoms with Gasteiger partial charge in [0.25, 0.3) is 0 Å². The normalized spacial score (nSPS) is 10.4. The van der Waals surface area contributed by atoms with Crippen molar-refractivity contribution in [2.75, 3.05) is 0 Å². The summed E-state index contributed by atoms with van der Waals surface area (Å²) < 4.78 is 1.71. The molecule has 0 spiro atoms. The van der Waals surface area contributed by atoms with Crippen LogP contribution in [0.25, 0.3) is 5.52 Å². The van der Waals surface area contributed by atoms with Gasteiger partial charge in [-0.15, -0.1) is 0 Å². The van der Waals surface area contributed by atoms with E-state index >= 15 is 0 Å². The van der Waals surface area contributed by atoms with Gasteiger partial charge in [0.2, 0.25) is 0 Å². The molecular weight excluding hydrogens is 152 g/mol. The summed E-state index contributed by atoms with van der Waals surface area (Å²) in [6.07, 6.45) is 6.82. The van der Waals surface area contributed by atoms with E-state index in [2.05, 4.69) is 10.1 Å². The highest BCUT2D eigenvalue weighted by Crippen LogP contribution is 2.08. The molecule has 4 nitrogen and oxygen atoms in total. The van der Waals surface area contributed by atoms with Gasteiger partial charge in [0, 0.05) is 23.7 Å². The predicted molar refractivity (Wildman–Crippen MR) is 45.5 cm³/mol. The molecule has 0 fully saturated rings. The molecule has 0 saturated carbocycles. The zero-order valence-corrected chi connectivity index (χ0v) is 6.65. The van der Waals surface area contributed by atoms with Crippen LogP contribution in [-0.2, 0) is 0 Å². The average molecular weight is 160 g/mol. The van der Waals surface area contributed by atoms with E-state index in [1.807, 2.05) is 0 Å². The van der Waals surface area contributed by atoms with Gasteiger partial charge in [0.1, 0.15) is 0 Å². The summed E-state index contributed by atoms with van der Waals surface area (Å²) in [5.41, 5.74) is 2.23. The molecule has 12 heavy (non-hydrogen) atoms. The first-order valence-electron chi connectivity index (χ1n) is 3.62. The molecule has 60 valence electrons. The Morgan fingerprint density at radius 2 is 2.33 bits per heavy atom. The van der Waals surface area contributed by atoms with Crippen LogP contribution in [0.5, 0.6) is 0 Å². The van der Waals surface area contributed by atoms with Gasteiger partial charge in [-0.05, 0) is 6.92 Å². The van der Waals surface area contributed by atoms with Crippen LogP contribution >= 0.6 is 0 Å². The number of nitrogens with one attached hydrogen (secondary N) is 1. The molecule has 1 N–H and O–H groups in total. The Hall–Kier alpha value is -1.71. The maximum atomic E-state index is 7.45. The maximum Gasteiger partial charge on any atom is 0.0935 e. The highest BCUT2D eigenvalue weighted by Gasteiger charge is 2.03. The summed E-state index contributed by atoms with van der Waals surface area (Å²) in [6, 6.07) is 0. The smallest absolute Gasteiger partial charge is 0.0935 e. The molecule has 0 aliphatic carbocycles.